The van der Waals surface area contributed by atoms with Crippen molar-refractivity contribution in [1.82, 2.24) is 10.3 Å². The minimum absolute atomic E-state index is 0.192. The Morgan fingerprint density at radius 2 is 2.05 bits per heavy atom. The Morgan fingerprint density at radius 3 is 2.70 bits per heavy atom. The highest BCUT2D eigenvalue weighted by atomic mass is 35.5. The average molecular weight is 310 g/mol. The second kappa shape index (κ2) is 6.59. The number of benzene rings is 1. The molecule has 6 heteroatoms. The van der Waals surface area contributed by atoms with E-state index in [1.807, 2.05) is 6.07 Å². The molecule has 104 valence electrons. The molecule has 0 atom stereocenters. The number of hydrogen-bond acceptors (Lipinski definition) is 3. The zero-order chi connectivity index (χ0) is 14.5. The molecule has 2 aromatic rings. The van der Waals surface area contributed by atoms with E-state index < -0.39 is 0 Å². The van der Waals surface area contributed by atoms with Crippen molar-refractivity contribution in [2.45, 2.75) is 6.42 Å². The topological polar surface area (TPSA) is 68.0 Å². The van der Waals surface area contributed by atoms with E-state index in [1.165, 1.54) is 6.20 Å². The van der Waals surface area contributed by atoms with Gasteiger partial charge in [-0.2, -0.15) is 0 Å². The molecule has 1 amide bonds. The summed E-state index contributed by atoms with van der Waals surface area (Å²) in [5.41, 5.74) is 6.87. The van der Waals surface area contributed by atoms with Crippen LogP contribution >= 0.6 is 23.2 Å². The molecule has 1 heterocycles. The predicted octanol–water partition coefficient (Wildman–Crippen LogP) is 2.94. The van der Waals surface area contributed by atoms with E-state index in [1.54, 1.807) is 24.3 Å². The number of carbonyl (C=O) groups excluding carboxylic acids is 1. The Kier molecular flexibility index (Phi) is 4.82. The maximum absolute atomic E-state index is 11.8. The zero-order valence-corrected chi connectivity index (χ0v) is 12.1. The number of amides is 1. The van der Waals surface area contributed by atoms with Crippen molar-refractivity contribution in [2.24, 2.45) is 0 Å². The lowest BCUT2D eigenvalue weighted by molar-refractivity contribution is 0.0954. The van der Waals surface area contributed by atoms with Crippen molar-refractivity contribution < 1.29 is 4.79 Å². The van der Waals surface area contributed by atoms with Gasteiger partial charge in [0.1, 0.15) is 5.82 Å². The molecule has 1 aromatic heterocycles. The number of pyridine rings is 1. The first-order valence-electron chi connectivity index (χ1n) is 6.00. The van der Waals surface area contributed by atoms with Gasteiger partial charge in [-0.25, -0.2) is 4.98 Å². The van der Waals surface area contributed by atoms with Crippen LogP contribution in [-0.2, 0) is 6.42 Å². The monoisotopic (exact) mass is 309 g/mol. The number of hydrogen-bond donors (Lipinski definition) is 2. The fourth-order valence-electron chi connectivity index (χ4n) is 1.68. The maximum Gasteiger partial charge on any atom is 0.252 e. The van der Waals surface area contributed by atoms with E-state index in [4.69, 9.17) is 28.9 Å². The Balaban J connectivity index is 1.89. The summed E-state index contributed by atoms with van der Waals surface area (Å²) in [4.78, 5) is 15.7. The number of anilines is 1. The van der Waals surface area contributed by atoms with Gasteiger partial charge in [-0.1, -0.05) is 29.3 Å². The summed E-state index contributed by atoms with van der Waals surface area (Å²) >= 11 is 11.9. The van der Waals surface area contributed by atoms with Gasteiger partial charge in [0, 0.05) is 22.8 Å². The lowest BCUT2D eigenvalue weighted by atomic mass is 10.1. The molecule has 0 saturated carbocycles. The standard InChI is InChI=1S/C14H13Cl2N3O/c15-11-3-1-9(12(16)7-11)5-6-18-14(20)10-2-4-13(17)19-8-10/h1-4,7-8H,5-6H2,(H2,17,19)(H,18,20). The molecule has 0 fully saturated rings. The van der Waals surface area contributed by atoms with Crippen LogP contribution < -0.4 is 11.1 Å². The summed E-state index contributed by atoms with van der Waals surface area (Å²) in [6, 6.07) is 8.53. The lowest BCUT2D eigenvalue weighted by Gasteiger charge is -2.07. The number of nitrogens with two attached hydrogens (primary N) is 1. The van der Waals surface area contributed by atoms with Gasteiger partial charge in [0.05, 0.1) is 5.56 Å². The number of aromatic nitrogens is 1. The van der Waals surface area contributed by atoms with Crippen molar-refractivity contribution >= 4 is 34.9 Å². The predicted molar refractivity (Wildman–Crippen MR) is 81.1 cm³/mol. The molecule has 0 saturated heterocycles. The molecule has 1 aromatic carbocycles. The van der Waals surface area contributed by atoms with Crippen molar-refractivity contribution in [1.29, 1.82) is 0 Å². The number of rotatable bonds is 4. The number of carbonyl (C=O) groups is 1. The van der Waals surface area contributed by atoms with Gasteiger partial charge in [0.25, 0.3) is 5.91 Å². The molecule has 20 heavy (non-hydrogen) atoms. The molecule has 0 aliphatic heterocycles. The number of nitrogen functional groups attached to an aromatic ring is 1. The quantitative estimate of drug-likeness (QED) is 0.912. The van der Waals surface area contributed by atoms with E-state index in [0.717, 1.165) is 5.56 Å². The van der Waals surface area contributed by atoms with Gasteiger partial charge in [-0.3, -0.25) is 4.79 Å². The summed E-state index contributed by atoms with van der Waals surface area (Å²) in [7, 11) is 0. The molecule has 0 aliphatic rings. The van der Waals surface area contributed by atoms with Gasteiger partial charge in [-0.15, -0.1) is 0 Å². The Hall–Kier alpha value is -1.78. The van der Waals surface area contributed by atoms with E-state index in [-0.39, 0.29) is 5.91 Å². The van der Waals surface area contributed by atoms with Crippen LogP contribution in [0.25, 0.3) is 0 Å². The lowest BCUT2D eigenvalue weighted by Crippen LogP contribution is -2.25. The van der Waals surface area contributed by atoms with Gasteiger partial charge < -0.3 is 11.1 Å². The Labute approximate surface area is 126 Å². The average Bonchev–Trinajstić information content (AvgIpc) is 2.42. The first-order chi connectivity index (χ1) is 9.56. The van der Waals surface area contributed by atoms with Gasteiger partial charge in [-0.05, 0) is 36.2 Å². The summed E-state index contributed by atoms with van der Waals surface area (Å²) in [5, 5.41) is 3.99. The summed E-state index contributed by atoms with van der Waals surface area (Å²) in [5.74, 6) is 0.192. The maximum atomic E-state index is 11.8. The molecule has 0 bridgehead atoms. The van der Waals surface area contributed by atoms with Crippen LogP contribution in [0.3, 0.4) is 0 Å². The molecule has 3 N–H and O–H groups in total. The minimum atomic E-state index is -0.192. The third kappa shape index (κ3) is 3.85. The first kappa shape index (κ1) is 14.6. The molecule has 0 radical (unpaired) electrons. The Morgan fingerprint density at radius 1 is 1.25 bits per heavy atom. The third-order valence-corrected chi connectivity index (χ3v) is 3.33. The first-order valence-corrected chi connectivity index (χ1v) is 6.75. The number of nitrogens with one attached hydrogen (secondary N) is 1. The van der Waals surface area contributed by atoms with Crippen molar-refractivity contribution in [3.05, 3.63) is 57.7 Å². The number of halogens is 2. The van der Waals surface area contributed by atoms with Gasteiger partial charge in [0.2, 0.25) is 0 Å². The Bertz CT molecular complexity index is 614. The molecule has 0 spiro atoms. The van der Waals surface area contributed by atoms with Crippen LogP contribution in [0.15, 0.2) is 36.5 Å². The zero-order valence-electron chi connectivity index (χ0n) is 10.6. The van der Waals surface area contributed by atoms with Crippen LogP contribution in [0.2, 0.25) is 10.0 Å². The van der Waals surface area contributed by atoms with Crippen LogP contribution in [-0.4, -0.2) is 17.4 Å². The highest BCUT2D eigenvalue weighted by Gasteiger charge is 2.06. The van der Waals surface area contributed by atoms with Crippen LogP contribution in [0.5, 0.6) is 0 Å². The molecule has 4 nitrogen and oxygen atoms in total. The minimum Gasteiger partial charge on any atom is -0.384 e. The number of nitrogens with zero attached hydrogens (tertiary/aromatic N) is 1. The molecular formula is C14H13Cl2N3O. The van der Waals surface area contributed by atoms with Crippen molar-refractivity contribution in [2.75, 3.05) is 12.3 Å². The van der Waals surface area contributed by atoms with E-state index in [9.17, 15) is 4.79 Å². The van der Waals surface area contributed by atoms with Crippen LogP contribution in [0, 0.1) is 0 Å². The normalized spacial score (nSPS) is 10.3. The molecule has 2 rings (SSSR count). The van der Waals surface area contributed by atoms with Crippen LogP contribution in [0.1, 0.15) is 15.9 Å². The second-order valence-electron chi connectivity index (χ2n) is 4.21. The largest absolute Gasteiger partial charge is 0.384 e. The summed E-state index contributed by atoms with van der Waals surface area (Å²) in [6.07, 6.45) is 2.07. The molecule has 0 aliphatic carbocycles. The van der Waals surface area contributed by atoms with Crippen molar-refractivity contribution in [3.8, 4) is 0 Å². The van der Waals surface area contributed by atoms with Gasteiger partial charge in [0.15, 0.2) is 0 Å². The SMILES string of the molecule is Nc1ccc(C(=O)NCCc2ccc(Cl)cc2Cl)cn1. The van der Waals surface area contributed by atoms with Crippen LogP contribution in [0.4, 0.5) is 5.82 Å². The van der Waals surface area contributed by atoms with E-state index in [0.29, 0.717) is 34.4 Å². The van der Waals surface area contributed by atoms with Gasteiger partial charge >= 0.3 is 0 Å². The fraction of sp³-hybridized carbons (Fsp3) is 0.143. The van der Waals surface area contributed by atoms with Crippen molar-refractivity contribution in [3.63, 3.8) is 0 Å². The smallest absolute Gasteiger partial charge is 0.252 e. The van der Waals surface area contributed by atoms with E-state index in [2.05, 4.69) is 10.3 Å². The molecule has 0 unspecified atom stereocenters. The highest BCUT2D eigenvalue weighted by Crippen LogP contribution is 2.21. The fourth-order valence-corrected chi connectivity index (χ4v) is 2.18. The highest BCUT2D eigenvalue weighted by molar-refractivity contribution is 6.35. The summed E-state index contributed by atoms with van der Waals surface area (Å²) < 4.78 is 0. The third-order valence-electron chi connectivity index (χ3n) is 2.74. The van der Waals surface area contributed by atoms with E-state index >= 15 is 0 Å². The second-order valence-corrected chi connectivity index (χ2v) is 5.06. The molecular weight excluding hydrogens is 297 g/mol. The summed E-state index contributed by atoms with van der Waals surface area (Å²) in [6.45, 7) is 0.477.